The van der Waals surface area contributed by atoms with E-state index in [9.17, 15) is 0 Å². The van der Waals surface area contributed by atoms with Gasteiger partial charge in [0, 0.05) is 16.3 Å². The minimum atomic E-state index is 1.09. The molecule has 5 aromatic carbocycles. The highest BCUT2D eigenvalue weighted by Gasteiger charge is 2.23. The van der Waals surface area contributed by atoms with E-state index in [1.807, 2.05) is 23.6 Å². The van der Waals surface area contributed by atoms with Crippen molar-refractivity contribution in [1.29, 1.82) is 0 Å². The molecule has 37 heavy (non-hydrogen) atoms. The summed E-state index contributed by atoms with van der Waals surface area (Å²) in [5.74, 6) is 0. The van der Waals surface area contributed by atoms with Crippen molar-refractivity contribution in [1.82, 2.24) is 4.98 Å². The molecular formula is C35H21NS. The van der Waals surface area contributed by atoms with Crippen molar-refractivity contribution in [3.05, 3.63) is 128 Å². The SMILES string of the molecule is c1ccc2c(c1)-c1ccccc1-c1cccc(-c3ccc4sc5cccnc5c4c3)c1-c1ccccc1-2. The van der Waals surface area contributed by atoms with Crippen LogP contribution in [0.5, 0.6) is 0 Å². The summed E-state index contributed by atoms with van der Waals surface area (Å²) in [5, 5.41) is 1.22. The van der Waals surface area contributed by atoms with Crippen molar-refractivity contribution in [3.8, 4) is 55.6 Å². The van der Waals surface area contributed by atoms with E-state index in [2.05, 4.69) is 115 Å². The first-order valence-electron chi connectivity index (χ1n) is 12.6. The maximum Gasteiger partial charge on any atom is 0.0888 e. The first-order valence-corrected chi connectivity index (χ1v) is 13.4. The third-order valence-corrected chi connectivity index (χ3v) is 8.65. The van der Waals surface area contributed by atoms with Crippen LogP contribution in [0.15, 0.2) is 128 Å². The number of fused-ring (bicyclic) bond motifs is 11. The van der Waals surface area contributed by atoms with Crippen molar-refractivity contribution in [2.45, 2.75) is 0 Å². The molecule has 172 valence electrons. The van der Waals surface area contributed by atoms with Crippen LogP contribution in [-0.2, 0) is 0 Å². The van der Waals surface area contributed by atoms with Gasteiger partial charge in [-0.25, -0.2) is 0 Å². The van der Waals surface area contributed by atoms with Crippen molar-refractivity contribution in [2.24, 2.45) is 0 Å². The molecular weight excluding hydrogens is 466 g/mol. The number of benzene rings is 5. The number of aromatic nitrogens is 1. The quantitative estimate of drug-likeness (QED) is 0.224. The molecule has 0 saturated carbocycles. The van der Waals surface area contributed by atoms with Gasteiger partial charge in [0.15, 0.2) is 0 Å². The second-order valence-electron chi connectivity index (χ2n) is 9.53. The lowest BCUT2D eigenvalue weighted by Crippen LogP contribution is -1.98. The Balaban J connectivity index is 1.49. The average Bonchev–Trinajstić information content (AvgIpc) is 3.34. The summed E-state index contributed by atoms with van der Waals surface area (Å²) < 4.78 is 2.50. The van der Waals surface area contributed by atoms with Gasteiger partial charge in [-0.05, 0) is 79.9 Å². The average molecular weight is 488 g/mol. The second kappa shape index (κ2) is 7.99. The van der Waals surface area contributed by atoms with Crippen molar-refractivity contribution in [3.63, 3.8) is 0 Å². The van der Waals surface area contributed by atoms with Crippen LogP contribution in [0.1, 0.15) is 0 Å². The summed E-state index contributed by atoms with van der Waals surface area (Å²) in [6.45, 7) is 0. The third kappa shape index (κ3) is 3.06. The summed E-state index contributed by atoms with van der Waals surface area (Å²) in [7, 11) is 0. The zero-order valence-electron chi connectivity index (χ0n) is 20.0. The highest BCUT2D eigenvalue weighted by Crippen LogP contribution is 2.50. The van der Waals surface area contributed by atoms with Crippen molar-refractivity contribution < 1.29 is 0 Å². The Morgan fingerprint density at radius 2 is 1.00 bits per heavy atom. The number of hydrogen-bond acceptors (Lipinski definition) is 2. The minimum absolute atomic E-state index is 1.09. The molecule has 1 aliphatic rings. The van der Waals surface area contributed by atoms with Crippen LogP contribution in [0.3, 0.4) is 0 Å². The van der Waals surface area contributed by atoms with Crippen molar-refractivity contribution in [2.75, 3.05) is 0 Å². The number of hydrogen-bond donors (Lipinski definition) is 0. The summed E-state index contributed by atoms with van der Waals surface area (Å²) in [6, 6.07) is 44.3. The molecule has 0 atom stereocenters. The van der Waals surface area contributed by atoms with Gasteiger partial charge in [0.2, 0.25) is 0 Å². The zero-order chi connectivity index (χ0) is 24.3. The Labute approximate surface area is 219 Å². The maximum absolute atomic E-state index is 4.72. The van der Waals surface area contributed by atoms with E-state index >= 15 is 0 Å². The van der Waals surface area contributed by atoms with Gasteiger partial charge < -0.3 is 0 Å². The van der Waals surface area contributed by atoms with E-state index in [0.29, 0.717) is 0 Å². The minimum Gasteiger partial charge on any atom is -0.255 e. The van der Waals surface area contributed by atoms with Gasteiger partial charge in [-0.1, -0.05) is 97.1 Å². The van der Waals surface area contributed by atoms with Crippen LogP contribution in [-0.4, -0.2) is 4.98 Å². The van der Waals surface area contributed by atoms with Gasteiger partial charge in [0.25, 0.3) is 0 Å². The number of pyridine rings is 1. The zero-order valence-corrected chi connectivity index (χ0v) is 20.8. The lowest BCUT2D eigenvalue weighted by atomic mass is 9.78. The normalized spacial score (nSPS) is 11.8. The predicted molar refractivity (Wildman–Crippen MR) is 158 cm³/mol. The highest BCUT2D eigenvalue weighted by molar-refractivity contribution is 7.25. The molecule has 1 aliphatic carbocycles. The fourth-order valence-electron chi connectivity index (χ4n) is 5.91. The number of nitrogens with zero attached hydrogens (tertiary/aromatic N) is 1. The van der Waals surface area contributed by atoms with E-state index in [1.165, 1.54) is 70.4 Å². The van der Waals surface area contributed by atoms with E-state index in [-0.39, 0.29) is 0 Å². The van der Waals surface area contributed by atoms with Gasteiger partial charge in [-0.15, -0.1) is 11.3 Å². The molecule has 0 N–H and O–H groups in total. The van der Waals surface area contributed by atoms with Crippen molar-refractivity contribution >= 4 is 31.6 Å². The van der Waals surface area contributed by atoms with Crippen LogP contribution in [0, 0.1) is 0 Å². The Bertz CT molecular complexity index is 1990. The maximum atomic E-state index is 4.72. The number of rotatable bonds is 1. The molecule has 0 bridgehead atoms. The van der Waals surface area contributed by atoms with Gasteiger partial charge >= 0.3 is 0 Å². The molecule has 2 aromatic heterocycles. The molecule has 1 nitrogen and oxygen atoms in total. The lowest BCUT2D eigenvalue weighted by Gasteiger charge is -2.25. The summed E-state index contributed by atoms with van der Waals surface area (Å²) in [6.07, 6.45) is 1.89. The molecule has 0 saturated heterocycles. The van der Waals surface area contributed by atoms with Crippen LogP contribution < -0.4 is 0 Å². The Kier molecular flexibility index (Phi) is 4.46. The number of thiophene rings is 1. The second-order valence-corrected chi connectivity index (χ2v) is 10.6. The summed E-state index contributed by atoms with van der Waals surface area (Å²) >= 11 is 1.81. The van der Waals surface area contributed by atoms with Crippen LogP contribution >= 0.6 is 11.3 Å². The highest BCUT2D eigenvalue weighted by atomic mass is 32.1. The van der Waals surface area contributed by atoms with E-state index in [1.54, 1.807) is 0 Å². The first-order chi connectivity index (χ1) is 18.4. The van der Waals surface area contributed by atoms with E-state index in [4.69, 9.17) is 4.98 Å². The Morgan fingerprint density at radius 1 is 0.432 bits per heavy atom. The molecule has 2 heteroatoms. The third-order valence-electron chi connectivity index (χ3n) is 7.52. The Hall–Kier alpha value is -4.53. The lowest BCUT2D eigenvalue weighted by molar-refractivity contribution is 1.44. The standard InChI is InChI=1S/C35H21NS/c1-2-10-25-24(9-1)26-11-3-4-12-28(26)30-16-7-15-23(34(30)29-14-6-5-13-27(25)29)22-18-19-32-31(21-22)35-33(37-32)17-8-20-36-35/h1-21H. The topological polar surface area (TPSA) is 12.9 Å². The van der Waals surface area contributed by atoms with Gasteiger partial charge in [-0.2, -0.15) is 0 Å². The van der Waals surface area contributed by atoms with Crippen LogP contribution in [0.4, 0.5) is 0 Å². The van der Waals surface area contributed by atoms with Gasteiger partial charge in [0.1, 0.15) is 0 Å². The summed E-state index contributed by atoms with van der Waals surface area (Å²) in [5.41, 5.74) is 13.7. The fraction of sp³-hybridized carbons (Fsp3) is 0. The molecule has 7 aromatic rings. The largest absolute Gasteiger partial charge is 0.255 e. The molecule has 0 spiro atoms. The smallest absolute Gasteiger partial charge is 0.0888 e. The van der Waals surface area contributed by atoms with E-state index < -0.39 is 0 Å². The molecule has 0 fully saturated rings. The van der Waals surface area contributed by atoms with Crippen LogP contribution in [0.25, 0.3) is 75.9 Å². The molecule has 0 radical (unpaired) electrons. The predicted octanol–water partition coefficient (Wildman–Crippen LogP) is 10.1. The van der Waals surface area contributed by atoms with E-state index in [0.717, 1.165) is 5.52 Å². The first kappa shape index (κ1) is 20.6. The van der Waals surface area contributed by atoms with Gasteiger partial charge in [0.05, 0.1) is 10.2 Å². The molecule has 2 heterocycles. The summed E-state index contributed by atoms with van der Waals surface area (Å²) in [4.78, 5) is 4.72. The monoisotopic (exact) mass is 487 g/mol. The Morgan fingerprint density at radius 3 is 1.70 bits per heavy atom. The molecule has 8 rings (SSSR count). The molecule has 0 amide bonds. The fourth-order valence-corrected chi connectivity index (χ4v) is 6.96. The van der Waals surface area contributed by atoms with Gasteiger partial charge in [-0.3, -0.25) is 4.98 Å². The van der Waals surface area contributed by atoms with Crippen LogP contribution in [0.2, 0.25) is 0 Å². The molecule has 0 unspecified atom stereocenters. The molecule has 0 aliphatic heterocycles.